The number of amides is 4. The highest BCUT2D eigenvalue weighted by molar-refractivity contribution is 5.92. The van der Waals surface area contributed by atoms with Gasteiger partial charge >= 0.3 is 0 Å². The van der Waals surface area contributed by atoms with Crippen molar-refractivity contribution in [3.63, 3.8) is 0 Å². The molecule has 0 saturated heterocycles. The third kappa shape index (κ3) is 6.91. The Morgan fingerprint density at radius 2 is 1.71 bits per heavy atom. The van der Waals surface area contributed by atoms with Gasteiger partial charge in [-0.2, -0.15) is 0 Å². The third-order valence-corrected chi connectivity index (χ3v) is 3.20. The van der Waals surface area contributed by atoms with E-state index < -0.39 is 29.8 Å². The maximum absolute atomic E-state index is 12.2. The second-order valence-electron chi connectivity index (χ2n) is 5.35. The van der Waals surface area contributed by atoms with Crippen LogP contribution in [0.3, 0.4) is 0 Å². The molecule has 4 amide bonds. The van der Waals surface area contributed by atoms with Gasteiger partial charge in [-0.1, -0.05) is 30.3 Å². The molecule has 1 aromatic carbocycles. The van der Waals surface area contributed by atoms with Gasteiger partial charge in [-0.15, -0.1) is 0 Å². The fourth-order valence-corrected chi connectivity index (χ4v) is 1.96. The molecule has 0 aliphatic heterocycles. The van der Waals surface area contributed by atoms with Gasteiger partial charge in [0.15, 0.2) is 0 Å². The van der Waals surface area contributed by atoms with Crippen LogP contribution in [0, 0.1) is 0 Å². The molecule has 0 saturated carbocycles. The highest BCUT2D eigenvalue weighted by atomic mass is 16.2. The Bertz CT molecular complexity index is 603. The maximum Gasteiger partial charge on any atom is 0.243 e. The molecule has 1 rings (SSSR count). The highest BCUT2D eigenvalue weighted by Gasteiger charge is 2.21. The van der Waals surface area contributed by atoms with Crippen LogP contribution in [0.15, 0.2) is 30.3 Å². The number of nitrogens with two attached hydrogens (primary N) is 1. The monoisotopic (exact) mass is 334 g/mol. The molecule has 130 valence electrons. The van der Waals surface area contributed by atoms with Gasteiger partial charge in [0.05, 0.1) is 6.54 Å². The zero-order chi connectivity index (χ0) is 18.1. The van der Waals surface area contributed by atoms with Crippen LogP contribution in [-0.4, -0.2) is 42.3 Å². The average Bonchev–Trinajstić information content (AvgIpc) is 2.52. The van der Waals surface area contributed by atoms with Crippen LogP contribution in [0.2, 0.25) is 0 Å². The lowest BCUT2D eigenvalue weighted by Crippen LogP contribution is -2.51. The molecule has 0 radical (unpaired) electrons. The molecule has 0 fully saturated rings. The van der Waals surface area contributed by atoms with Gasteiger partial charge in [0, 0.05) is 13.3 Å². The largest absolute Gasteiger partial charge is 0.368 e. The van der Waals surface area contributed by atoms with E-state index in [4.69, 9.17) is 5.73 Å². The minimum Gasteiger partial charge on any atom is -0.368 e. The maximum atomic E-state index is 12.2. The minimum atomic E-state index is -0.829. The van der Waals surface area contributed by atoms with Gasteiger partial charge in [0.1, 0.15) is 12.1 Å². The van der Waals surface area contributed by atoms with Crippen molar-refractivity contribution in [3.05, 3.63) is 35.9 Å². The van der Waals surface area contributed by atoms with Gasteiger partial charge in [-0.25, -0.2) is 0 Å². The normalized spacial score (nSPS) is 12.6. The summed E-state index contributed by atoms with van der Waals surface area (Å²) in [5.41, 5.74) is 5.91. The summed E-state index contributed by atoms with van der Waals surface area (Å²) in [6.07, 6.45) is 0.297. The predicted octanol–water partition coefficient (Wildman–Crippen LogP) is -1.16. The minimum absolute atomic E-state index is 0.297. The molecule has 2 atom stereocenters. The molecule has 0 heterocycles. The van der Waals surface area contributed by atoms with E-state index in [0.29, 0.717) is 6.42 Å². The van der Waals surface area contributed by atoms with Crippen LogP contribution in [0.1, 0.15) is 19.4 Å². The number of primary amides is 1. The van der Waals surface area contributed by atoms with Gasteiger partial charge < -0.3 is 21.7 Å². The summed E-state index contributed by atoms with van der Waals surface area (Å²) in [6, 6.07) is 7.55. The summed E-state index contributed by atoms with van der Waals surface area (Å²) in [5, 5.41) is 7.34. The first-order valence-electron chi connectivity index (χ1n) is 7.47. The zero-order valence-electron chi connectivity index (χ0n) is 13.7. The summed E-state index contributed by atoms with van der Waals surface area (Å²) in [5.74, 6) is -2.06. The molecule has 0 aliphatic rings. The second kappa shape index (κ2) is 9.29. The van der Waals surface area contributed by atoms with E-state index in [0.717, 1.165) is 5.56 Å². The van der Waals surface area contributed by atoms with Crippen LogP contribution < -0.4 is 21.7 Å². The standard InChI is InChI=1S/C16H22N4O4/c1-10(15(17)23)19-14(22)9-18-16(24)13(20-11(2)21)8-12-6-4-3-5-7-12/h3-7,10,13H,8-9H2,1-2H3,(H2,17,23)(H,18,24)(H,19,22)(H,20,21)/t10-,13-/m0/s1. The van der Waals surface area contributed by atoms with E-state index in [2.05, 4.69) is 16.0 Å². The van der Waals surface area contributed by atoms with Gasteiger partial charge in [0.25, 0.3) is 0 Å². The van der Waals surface area contributed by atoms with E-state index in [1.807, 2.05) is 30.3 Å². The molecular formula is C16H22N4O4. The number of benzene rings is 1. The summed E-state index contributed by atoms with van der Waals surface area (Å²) in [4.78, 5) is 46.0. The van der Waals surface area contributed by atoms with E-state index in [1.165, 1.54) is 13.8 Å². The van der Waals surface area contributed by atoms with Crippen molar-refractivity contribution in [3.8, 4) is 0 Å². The summed E-state index contributed by atoms with van der Waals surface area (Å²) >= 11 is 0. The predicted molar refractivity (Wildman–Crippen MR) is 87.6 cm³/mol. The van der Waals surface area contributed by atoms with Crippen LogP contribution in [0.25, 0.3) is 0 Å². The van der Waals surface area contributed by atoms with Crippen LogP contribution >= 0.6 is 0 Å². The van der Waals surface area contributed by atoms with E-state index in [1.54, 1.807) is 0 Å². The van der Waals surface area contributed by atoms with Crippen LogP contribution in [0.4, 0.5) is 0 Å². The lowest BCUT2D eigenvalue weighted by molar-refractivity contribution is -0.130. The van der Waals surface area contributed by atoms with Crippen molar-refractivity contribution in [2.75, 3.05) is 6.54 Å². The average molecular weight is 334 g/mol. The number of carbonyl (C=O) groups excluding carboxylic acids is 4. The van der Waals surface area contributed by atoms with Crippen molar-refractivity contribution in [2.45, 2.75) is 32.4 Å². The Morgan fingerprint density at radius 3 is 2.25 bits per heavy atom. The number of rotatable bonds is 8. The Hall–Kier alpha value is -2.90. The van der Waals surface area contributed by atoms with E-state index in [-0.39, 0.29) is 12.5 Å². The van der Waals surface area contributed by atoms with E-state index in [9.17, 15) is 19.2 Å². The molecule has 0 spiro atoms. The number of carbonyl (C=O) groups is 4. The first-order valence-corrected chi connectivity index (χ1v) is 7.47. The zero-order valence-corrected chi connectivity index (χ0v) is 13.7. The number of nitrogens with one attached hydrogen (secondary N) is 3. The Kier molecular flexibility index (Phi) is 7.41. The smallest absolute Gasteiger partial charge is 0.243 e. The SMILES string of the molecule is CC(=O)N[C@@H](Cc1ccccc1)C(=O)NCC(=O)N[C@@H](C)C(N)=O. The fraction of sp³-hybridized carbons (Fsp3) is 0.375. The molecule has 0 aliphatic carbocycles. The molecule has 0 aromatic heterocycles. The van der Waals surface area contributed by atoms with E-state index >= 15 is 0 Å². The molecule has 8 heteroatoms. The van der Waals surface area contributed by atoms with Crippen molar-refractivity contribution < 1.29 is 19.2 Å². The van der Waals surface area contributed by atoms with Gasteiger partial charge in [0.2, 0.25) is 23.6 Å². The highest BCUT2D eigenvalue weighted by Crippen LogP contribution is 2.03. The molecule has 8 nitrogen and oxygen atoms in total. The second-order valence-corrected chi connectivity index (χ2v) is 5.35. The molecule has 24 heavy (non-hydrogen) atoms. The van der Waals surface area contributed by atoms with Crippen molar-refractivity contribution >= 4 is 23.6 Å². The first kappa shape index (κ1) is 19.1. The molecule has 0 bridgehead atoms. The van der Waals surface area contributed by atoms with Crippen molar-refractivity contribution in [1.29, 1.82) is 0 Å². The number of hydrogen-bond donors (Lipinski definition) is 4. The van der Waals surface area contributed by atoms with Crippen molar-refractivity contribution in [2.24, 2.45) is 5.73 Å². The summed E-state index contributed by atoms with van der Waals surface area (Å²) < 4.78 is 0. The summed E-state index contributed by atoms with van der Waals surface area (Å²) in [6.45, 7) is 2.44. The lowest BCUT2D eigenvalue weighted by Gasteiger charge is -2.18. The Morgan fingerprint density at radius 1 is 1.08 bits per heavy atom. The molecular weight excluding hydrogens is 312 g/mol. The topological polar surface area (TPSA) is 130 Å². The molecule has 0 unspecified atom stereocenters. The quantitative estimate of drug-likeness (QED) is 0.477. The van der Waals surface area contributed by atoms with Crippen LogP contribution in [0.5, 0.6) is 0 Å². The molecule has 1 aromatic rings. The van der Waals surface area contributed by atoms with Gasteiger partial charge in [-0.05, 0) is 12.5 Å². The van der Waals surface area contributed by atoms with Gasteiger partial charge in [-0.3, -0.25) is 19.2 Å². The Balaban J connectivity index is 2.60. The third-order valence-electron chi connectivity index (χ3n) is 3.20. The Labute approximate surface area is 140 Å². The first-order chi connectivity index (χ1) is 11.3. The van der Waals surface area contributed by atoms with Crippen LogP contribution in [-0.2, 0) is 25.6 Å². The number of hydrogen-bond acceptors (Lipinski definition) is 4. The lowest BCUT2D eigenvalue weighted by atomic mass is 10.1. The fourth-order valence-electron chi connectivity index (χ4n) is 1.96. The van der Waals surface area contributed by atoms with Crippen molar-refractivity contribution in [1.82, 2.24) is 16.0 Å². The molecule has 5 N–H and O–H groups in total. The summed E-state index contributed by atoms with van der Waals surface area (Å²) in [7, 11) is 0.